The molecule has 2 aromatic rings. The van der Waals surface area contributed by atoms with Crippen molar-refractivity contribution in [2.24, 2.45) is 0 Å². The Kier molecular flexibility index (Phi) is 4.45. The Morgan fingerprint density at radius 3 is 2.56 bits per heavy atom. The Morgan fingerprint density at radius 2 is 1.88 bits per heavy atom. The van der Waals surface area contributed by atoms with E-state index >= 15 is 0 Å². The molecule has 0 radical (unpaired) electrons. The quantitative estimate of drug-likeness (QED) is 0.756. The van der Waals surface area contributed by atoms with Crippen LogP contribution in [0.1, 0.15) is 68.1 Å². The molecule has 1 N–H and O–H groups in total. The van der Waals surface area contributed by atoms with E-state index in [2.05, 4.69) is 37.3 Å². The molecule has 25 heavy (non-hydrogen) atoms. The molecule has 0 spiro atoms. The zero-order valence-electron chi connectivity index (χ0n) is 15.1. The first kappa shape index (κ1) is 16.5. The van der Waals surface area contributed by atoms with Gasteiger partial charge >= 0.3 is 0 Å². The minimum absolute atomic E-state index is 0.242. The predicted molar refractivity (Wildman–Crippen MR) is 102 cm³/mol. The van der Waals surface area contributed by atoms with Gasteiger partial charge in [0.25, 0.3) is 0 Å². The Balaban J connectivity index is 1.72. The maximum absolute atomic E-state index is 9.68. The minimum Gasteiger partial charge on any atom is -0.508 e. The molecule has 1 unspecified atom stereocenters. The number of fused-ring (bicyclic) bond motifs is 1. The lowest BCUT2D eigenvalue weighted by atomic mass is 9.53. The van der Waals surface area contributed by atoms with E-state index in [9.17, 15) is 5.11 Å². The highest BCUT2D eigenvalue weighted by Gasteiger charge is 2.47. The second-order valence-electron chi connectivity index (χ2n) is 7.71. The maximum atomic E-state index is 9.68. The number of rotatable bonds is 5. The van der Waals surface area contributed by atoms with Crippen LogP contribution in [-0.4, -0.2) is 11.7 Å². The molecule has 2 aliphatic carbocycles. The number of phenolic OH excluding ortho intramolecular Hbond substituents is 1. The van der Waals surface area contributed by atoms with Crippen molar-refractivity contribution in [3.63, 3.8) is 0 Å². The fourth-order valence-corrected chi connectivity index (χ4v) is 4.85. The van der Waals surface area contributed by atoms with E-state index in [1.54, 1.807) is 0 Å². The topological polar surface area (TPSA) is 29.5 Å². The van der Waals surface area contributed by atoms with Crippen molar-refractivity contribution < 1.29 is 9.84 Å². The lowest BCUT2D eigenvalue weighted by Gasteiger charge is -2.50. The summed E-state index contributed by atoms with van der Waals surface area (Å²) in [4.78, 5) is 0. The number of ether oxygens (including phenoxy) is 1. The maximum Gasteiger partial charge on any atom is 0.119 e. The molecule has 2 aliphatic rings. The summed E-state index contributed by atoms with van der Waals surface area (Å²) in [6.45, 7) is 2.93. The Labute approximate surface area is 150 Å². The lowest BCUT2D eigenvalue weighted by Crippen LogP contribution is -2.41. The highest BCUT2D eigenvalue weighted by atomic mass is 16.5. The van der Waals surface area contributed by atoms with Gasteiger partial charge in [-0.05, 0) is 85.4 Å². The molecule has 0 aromatic heterocycles. The molecule has 132 valence electrons. The summed E-state index contributed by atoms with van der Waals surface area (Å²) in [5, 5.41) is 9.68. The molecular weight excluding hydrogens is 308 g/mol. The fraction of sp³-hybridized carbons (Fsp3) is 0.478. The molecule has 0 saturated heterocycles. The van der Waals surface area contributed by atoms with E-state index in [0.717, 1.165) is 18.8 Å². The van der Waals surface area contributed by atoms with Crippen LogP contribution in [0.5, 0.6) is 11.5 Å². The SMILES string of the molecule is CCCOc1ccc2c(c1)C(C1(c3ccc(O)cc3)CCC1)CCC2. The highest BCUT2D eigenvalue weighted by molar-refractivity contribution is 5.45. The average Bonchev–Trinajstić information content (AvgIpc) is 2.61. The second-order valence-corrected chi connectivity index (χ2v) is 7.71. The van der Waals surface area contributed by atoms with E-state index in [-0.39, 0.29) is 5.41 Å². The molecule has 1 atom stereocenters. The average molecular weight is 336 g/mol. The Bertz CT molecular complexity index is 728. The van der Waals surface area contributed by atoms with Crippen LogP contribution in [-0.2, 0) is 11.8 Å². The molecule has 0 heterocycles. The van der Waals surface area contributed by atoms with Crippen LogP contribution in [0.25, 0.3) is 0 Å². The van der Waals surface area contributed by atoms with Gasteiger partial charge in [-0.3, -0.25) is 0 Å². The number of hydrogen-bond donors (Lipinski definition) is 1. The first-order valence-electron chi connectivity index (χ1n) is 9.78. The second kappa shape index (κ2) is 6.74. The van der Waals surface area contributed by atoms with Crippen LogP contribution in [0.4, 0.5) is 0 Å². The van der Waals surface area contributed by atoms with Crippen molar-refractivity contribution in [2.75, 3.05) is 6.61 Å². The largest absolute Gasteiger partial charge is 0.508 e. The summed E-state index contributed by atoms with van der Waals surface area (Å²) in [5.41, 5.74) is 4.65. The molecular formula is C23H28O2. The standard InChI is InChI=1S/C23H28O2/c1-2-15-25-20-12-7-17-5-3-6-22(21(17)16-20)23(13-4-14-23)18-8-10-19(24)11-9-18/h7-12,16,22,24H,2-6,13-15H2,1H3. The van der Waals surface area contributed by atoms with Gasteiger partial charge in [0.05, 0.1) is 6.61 Å². The summed E-state index contributed by atoms with van der Waals surface area (Å²) < 4.78 is 5.92. The predicted octanol–water partition coefficient (Wildman–Crippen LogP) is 5.72. The van der Waals surface area contributed by atoms with Crippen LogP contribution >= 0.6 is 0 Å². The third kappa shape index (κ3) is 2.92. The molecule has 2 nitrogen and oxygen atoms in total. The first-order chi connectivity index (χ1) is 12.2. The first-order valence-corrected chi connectivity index (χ1v) is 9.78. The lowest BCUT2D eigenvalue weighted by molar-refractivity contribution is 0.179. The highest BCUT2D eigenvalue weighted by Crippen LogP contribution is 2.57. The number of benzene rings is 2. The molecule has 0 amide bonds. The van der Waals surface area contributed by atoms with Crippen molar-refractivity contribution in [2.45, 2.75) is 63.2 Å². The molecule has 4 rings (SSSR count). The monoisotopic (exact) mass is 336 g/mol. The van der Waals surface area contributed by atoms with Crippen molar-refractivity contribution in [3.8, 4) is 11.5 Å². The Morgan fingerprint density at radius 1 is 1.08 bits per heavy atom. The zero-order chi connectivity index (χ0) is 17.3. The number of aryl methyl sites for hydroxylation is 1. The minimum atomic E-state index is 0.242. The van der Waals surface area contributed by atoms with Crippen LogP contribution in [0.2, 0.25) is 0 Å². The fourth-order valence-electron chi connectivity index (χ4n) is 4.85. The molecule has 1 fully saturated rings. The summed E-state index contributed by atoms with van der Waals surface area (Å²) in [6, 6.07) is 14.7. The number of hydrogen-bond acceptors (Lipinski definition) is 2. The molecule has 0 bridgehead atoms. The van der Waals surface area contributed by atoms with Crippen LogP contribution in [0.15, 0.2) is 42.5 Å². The van der Waals surface area contributed by atoms with Gasteiger partial charge in [0.1, 0.15) is 11.5 Å². The molecule has 2 aromatic carbocycles. The normalized spacial score (nSPS) is 21.2. The molecule has 2 heteroatoms. The number of aromatic hydroxyl groups is 1. The van der Waals surface area contributed by atoms with Crippen LogP contribution in [0.3, 0.4) is 0 Å². The van der Waals surface area contributed by atoms with Gasteiger partial charge in [-0.25, -0.2) is 0 Å². The van der Waals surface area contributed by atoms with Crippen molar-refractivity contribution >= 4 is 0 Å². The van der Waals surface area contributed by atoms with Gasteiger partial charge in [-0.2, -0.15) is 0 Å². The van der Waals surface area contributed by atoms with Gasteiger partial charge in [0.15, 0.2) is 0 Å². The Hall–Kier alpha value is -1.96. The van der Waals surface area contributed by atoms with Gasteiger partial charge in [-0.15, -0.1) is 0 Å². The van der Waals surface area contributed by atoms with Gasteiger partial charge in [-0.1, -0.05) is 31.5 Å². The van der Waals surface area contributed by atoms with E-state index < -0.39 is 0 Å². The summed E-state index contributed by atoms with van der Waals surface area (Å²) in [5.74, 6) is 1.95. The molecule has 1 saturated carbocycles. The van der Waals surface area contributed by atoms with Crippen LogP contribution in [0, 0.1) is 0 Å². The third-order valence-corrected chi connectivity index (χ3v) is 6.26. The van der Waals surface area contributed by atoms with Crippen LogP contribution < -0.4 is 4.74 Å². The van der Waals surface area contributed by atoms with E-state index in [0.29, 0.717) is 11.7 Å². The zero-order valence-corrected chi connectivity index (χ0v) is 15.1. The summed E-state index contributed by atoms with van der Waals surface area (Å²) in [6.07, 6.45) is 8.56. The van der Waals surface area contributed by atoms with Gasteiger partial charge < -0.3 is 9.84 Å². The van der Waals surface area contributed by atoms with Crippen molar-refractivity contribution in [3.05, 3.63) is 59.2 Å². The van der Waals surface area contributed by atoms with E-state index in [1.807, 2.05) is 12.1 Å². The summed E-state index contributed by atoms with van der Waals surface area (Å²) >= 11 is 0. The van der Waals surface area contributed by atoms with E-state index in [1.165, 1.54) is 55.2 Å². The van der Waals surface area contributed by atoms with Gasteiger partial charge in [0, 0.05) is 5.41 Å². The smallest absolute Gasteiger partial charge is 0.119 e. The van der Waals surface area contributed by atoms with E-state index in [4.69, 9.17) is 4.74 Å². The van der Waals surface area contributed by atoms with Gasteiger partial charge in [0.2, 0.25) is 0 Å². The number of phenols is 1. The third-order valence-electron chi connectivity index (χ3n) is 6.26. The van der Waals surface area contributed by atoms with Crippen molar-refractivity contribution in [1.29, 1.82) is 0 Å². The van der Waals surface area contributed by atoms with Crippen molar-refractivity contribution in [1.82, 2.24) is 0 Å². The molecule has 0 aliphatic heterocycles. The summed E-state index contributed by atoms with van der Waals surface area (Å²) in [7, 11) is 0.